The molecule has 0 aliphatic heterocycles. The van der Waals surface area contributed by atoms with Gasteiger partial charge in [0.15, 0.2) is 5.82 Å². The van der Waals surface area contributed by atoms with Crippen LogP contribution in [0.3, 0.4) is 0 Å². The van der Waals surface area contributed by atoms with Gasteiger partial charge in [0.25, 0.3) is 0 Å². The minimum absolute atomic E-state index is 0.0653. The van der Waals surface area contributed by atoms with E-state index in [2.05, 4.69) is 32.6 Å². The van der Waals surface area contributed by atoms with E-state index in [1.165, 1.54) is 4.90 Å². The van der Waals surface area contributed by atoms with Crippen molar-refractivity contribution in [2.24, 2.45) is 5.92 Å². The molecule has 1 aromatic heterocycles. The zero-order chi connectivity index (χ0) is 17.9. The number of benzene rings is 1. The fraction of sp³-hybridized carbons (Fsp3) is 0.375. The van der Waals surface area contributed by atoms with Crippen LogP contribution in [-0.2, 0) is 6.18 Å². The number of ether oxygens (including phenoxy) is 1. The molecule has 0 N–H and O–H groups in total. The van der Waals surface area contributed by atoms with Crippen molar-refractivity contribution >= 4 is 34.1 Å². The third-order valence-corrected chi connectivity index (χ3v) is 4.04. The van der Waals surface area contributed by atoms with Gasteiger partial charge in [-0.1, -0.05) is 26.0 Å². The van der Waals surface area contributed by atoms with Crippen molar-refractivity contribution in [1.29, 1.82) is 0 Å². The first kappa shape index (κ1) is 18.8. The van der Waals surface area contributed by atoms with Crippen molar-refractivity contribution in [2.75, 3.05) is 18.6 Å². The second-order valence-corrected chi connectivity index (χ2v) is 6.77. The van der Waals surface area contributed by atoms with Crippen molar-refractivity contribution in [2.45, 2.75) is 20.0 Å². The molecular formula is C16H17F3IN3O. The Morgan fingerprint density at radius 2 is 1.92 bits per heavy atom. The van der Waals surface area contributed by atoms with Crippen LogP contribution in [0.5, 0.6) is 6.01 Å². The van der Waals surface area contributed by atoms with Gasteiger partial charge in [0.1, 0.15) is 5.56 Å². The first-order chi connectivity index (χ1) is 11.2. The van der Waals surface area contributed by atoms with Crippen molar-refractivity contribution in [1.82, 2.24) is 9.97 Å². The van der Waals surface area contributed by atoms with Gasteiger partial charge in [0.05, 0.1) is 12.3 Å². The molecule has 1 aromatic carbocycles. The van der Waals surface area contributed by atoms with Crippen molar-refractivity contribution in [3.8, 4) is 6.01 Å². The van der Waals surface area contributed by atoms with Crippen LogP contribution >= 0.6 is 22.6 Å². The summed E-state index contributed by atoms with van der Waals surface area (Å²) in [6.07, 6.45) is -3.79. The number of hydrogen-bond acceptors (Lipinski definition) is 4. The molecule has 0 atom stereocenters. The maximum atomic E-state index is 13.3. The molecule has 0 spiro atoms. The third-order valence-electron chi connectivity index (χ3n) is 3.13. The van der Waals surface area contributed by atoms with Gasteiger partial charge in [-0.2, -0.15) is 18.2 Å². The van der Waals surface area contributed by atoms with E-state index >= 15 is 0 Å². The van der Waals surface area contributed by atoms with Crippen molar-refractivity contribution < 1.29 is 17.9 Å². The van der Waals surface area contributed by atoms with E-state index in [1.54, 1.807) is 19.2 Å². The van der Waals surface area contributed by atoms with Gasteiger partial charge in [-0.3, -0.25) is 0 Å². The lowest BCUT2D eigenvalue weighted by molar-refractivity contribution is -0.137. The molecule has 0 aliphatic carbocycles. The lowest BCUT2D eigenvalue weighted by Gasteiger charge is -2.23. The van der Waals surface area contributed by atoms with Gasteiger partial charge < -0.3 is 9.64 Å². The van der Waals surface area contributed by atoms with E-state index in [4.69, 9.17) is 4.74 Å². The van der Waals surface area contributed by atoms with Crippen LogP contribution in [0.2, 0.25) is 0 Å². The smallest absolute Gasteiger partial charge is 0.421 e. The Labute approximate surface area is 152 Å². The summed E-state index contributed by atoms with van der Waals surface area (Å²) in [4.78, 5) is 9.09. The van der Waals surface area contributed by atoms with Gasteiger partial charge in [-0.05, 0) is 40.6 Å². The van der Waals surface area contributed by atoms with Crippen LogP contribution in [0, 0.1) is 9.49 Å². The van der Waals surface area contributed by atoms with Crippen LogP contribution in [0.4, 0.5) is 24.7 Å². The molecule has 0 unspecified atom stereocenters. The second-order valence-electron chi connectivity index (χ2n) is 5.60. The fourth-order valence-electron chi connectivity index (χ4n) is 1.96. The zero-order valence-electron chi connectivity index (χ0n) is 13.4. The summed E-state index contributed by atoms with van der Waals surface area (Å²) in [6.45, 7) is 4.20. The van der Waals surface area contributed by atoms with E-state index in [0.717, 1.165) is 9.77 Å². The largest absolute Gasteiger partial charge is 0.463 e. The Morgan fingerprint density at radius 3 is 2.50 bits per heavy atom. The molecule has 1 heterocycles. The van der Waals surface area contributed by atoms with Crippen LogP contribution in [0.1, 0.15) is 19.4 Å². The molecule has 4 nitrogen and oxygen atoms in total. The van der Waals surface area contributed by atoms with E-state index in [1.807, 2.05) is 26.0 Å². The van der Waals surface area contributed by atoms with E-state index in [-0.39, 0.29) is 17.7 Å². The number of nitrogens with zero attached hydrogens (tertiary/aromatic N) is 3. The first-order valence-electron chi connectivity index (χ1n) is 7.25. The number of rotatable bonds is 5. The maximum absolute atomic E-state index is 13.3. The molecule has 8 heteroatoms. The molecule has 0 bridgehead atoms. The first-order valence-corrected chi connectivity index (χ1v) is 8.33. The fourth-order valence-corrected chi connectivity index (χ4v) is 2.71. The van der Waals surface area contributed by atoms with Crippen molar-refractivity contribution in [3.63, 3.8) is 0 Å². The van der Waals surface area contributed by atoms with E-state index in [0.29, 0.717) is 12.3 Å². The maximum Gasteiger partial charge on any atom is 0.421 e. The zero-order valence-corrected chi connectivity index (χ0v) is 15.6. The highest BCUT2D eigenvalue weighted by molar-refractivity contribution is 14.1. The lowest BCUT2D eigenvalue weighted by atomic mass is 10.2. The van der Waals surface area contributed by atoms with Crippen LogP contribution in [0.15, 0.2) is 30.5 Å². The number of halogens is 4. The predicted molar refractivity (Wildman–Crippen MR) is 94.6 cm³/mol. The number of hydrogen-bond donors (Lipinski definition) is 0. The highest BCUT2D eigenvalue weighted by Gasteiger charge is 2.37. The molecule has 0 saturated carbocycles. The average Bonchev–Trinajstić information content (AvgIpc) is 2.51. The van der Waals surface area contributed by atoms with Crippen LogP contribution < -0.4 is 9.64 Å². The molecule has 0 aliphatic rings. The van der Waals surface area contributed by atoms with Gasteiger partial charge in [-0.25, -0.2) is 4.98 Å². The van der Waals surface area contributed by atoms with Gasteiger partial charge in [0, 0.05) is 16.8 Å². The number of alkyl halides is 3. The molecule has 24 heavy (non-hydrogen) atoms. The highest BCUT2D eigenvalue weighted by atomic mass is 127. The van der Waals surface area contributed by atoms with E-state index < -0.39 is 11.7 Å². The standard InChI is InChI=1S/C16H17F3IN3O/c1-10(2)9-24-15-21-8-11(16(17,18)19)14(22-15)23(3)13-7-5-4-6-12(13)20/h4-8,10H,9H2,1-3H3. The summed E-state index contributed by atoms with van der Waals surface area (Å²) in [5, 5.41) is 0. The molecule has 0 amide bonds. The normalized spacial score (nSPS) is 11.7. The molecule has 2 aromatic rings. The predicted octanol–water partition coefficient (Wildman–Crippen LogP) is 4.90. The summed E-state index contributed by atoms with van der Waals surface area (Å²) in [6, 6.07) is 7.07. The lowest BCUT2D eigenvalue weighted by Crippen LogP contribution is -2.20. The van der Waals surface area contributed by atoms with Crippen LogP contribution in [-0.4, -0.2) is 23.6 Å². The number of anilines is 2. The van der Waals surface area contributed by atoms with Gasteiger partial charge in [-0.15, -0.1) is 0 Å². The average molecular weight is 451 g/mol. The highest BCUT2D eigenvalue weighted by Crippen LogP contribution is 2.38. The van der Waals surface area contributed by atoms with E-state index in [9.17, 15) is 13.2 Å². The Morgan fingerprint density at radius 1 is 1.25 bits per heavy atom. The SMILES string of the molecule is CC(C)COc1ncc(C(F)(F)F)c(N(C)c2ccccc2I)n1. The third kappa shape index (κ3) is 4.49. The van der Waals surface area contributed by atoms with Gasteiger partial charge in [0.2, 0.25) is 0 Å². The minimum atomic E-state index is -4.56. The van der Waals surface area contributed by atoms with Gasteiger partial charge >= 0.3 is 12.2 Å². The number of para-hydroxylation sites is 1. The second kappa shape index (κ2) is 7.54. The Bertz CT molecular complexity index is 707. The molecule has 2 rings (SSSR count). The quantitative estimate of drug-likeness (QED) is 0.607. The molecule has 0 fully saturated rings. The molecular weight excluding hydrogens is 434 g/mol. The Balaban J connectivity index is 2.47. The number of aromatic nitrogens is 2. The van der Waals surface area contributed by atoms with Crippen molar-refractivity contribution in [3.05, 3.63) is 39.6 Å². The van der Waals surface area contributed by atoms with Crippen LogP contribution in [0.25, 0.3) is 0 Å². The summed E-state index contributed by atoms with van der Waals surface area (Å²) < 4.78 is 46.2. The Kier molecular flexibility index (Phi) is 5.89. The minimum Gasteiger partial charge on any atom is -0.463 e. The molecule has 0 radical (unpaired) electrons. The molecule has 0 saturated heterocycles. The monoisotopic (exact) mass is 451 g/mol. The summed E-state index contributed by atoms with van der Waals surface area (Å²) in [5.41, 5.74) is -0.279. The summed E-state index contributed by atoms with van der Waals surface area (Å²) >= 11 is 2.07. The summed E-state index contributed by atoms with van der Waals surface area (Å²) in [5.74, 6) is -0.0208. The topological polar surface area (TPSA) is 38.2 Å². The Hall–Kier alpha value is -1.58. The molecule has 130 valence electrons. The summed E-state index contributed by atoms with van der Waals surface area (Å²) in [7, 11) is 1.54.